The molecule has 4 rings (SSSR count). The van der Waals surface area contributed by atoms with Crippen molar-refractivity contribution in [1.82, 2.24) is 20.9 Å². The number of primary amides is 1. The minimum atomic E-state index is -1.26. The van der Waals surface area contributed by atoms with Crippen LogP contribution in [0.4, 0.5) is 5.69 Å². The van der Waals surface area contributed by atoms with Crippen molar-refractivity contribution in [3.05, 3.63) is 102 Å². The molecule has 19 nitrogen and oxygen atoms in total. The highest BCUT2D eigenvalue weighted by Crippen LogP contribution is 2.20. The summed E-state index contributed by atoms with van der Waals surface area (Å²) in [7, 11) is 0. The molecule has 3 aromatic carbocycles. The second-order valence-corrected chi connectivity index (χ2v) is 14.7. The number of nitrogens with zero attached hydrogens (tertiary/aromatic N) is 3. The Kier molecular flexibility index (Phi) is 18.0. The van der Waals surface area contributed by atoms with Crippen LogP contribution in [0.25, 0.3) is 0 Å². The molecule has 1 fully saturated rings. The molecular formula is C42H57N13O6. The van der Waals surface area contributed by atoms with Crippen LogP contribution in [0.15, 0.2) is 94.9 Å². The molecule has 3 aromatic rings. The normalized spacial score (nSPS) is 15.2. The zero-order valence-electron chi connectivity index (χ0n) is 34.0. The summed E-state index contributed by atoms with van der Waals surface area (Å²) in [6, 6.07) is 19.3. The van der Waals surface area contributed by atoms with Crippen LogP contribution >= 0.6 is 0 Å². The first-order valence-corrected chi connectivity index (χ1v) is 20.1. The highest BCUT2D eigenvalue weighted by molar-refractivity contribution is 6.04. The zero-order chi connectivity index (χ0) is 44.3. The van der Waals surface area contributed by atoms with E-state index in [0.717, 1.165) is 5.56 Å². The Bertz CT molecular complexity index is 2010. The molecule has 1 heterocycles. The molecule has 6 amide bonds. The Morgan fingerprint density at radius 1 is 0.656 bits per heavy atom. The molecule has 326 valence electrons. The molecule has 19 heteroatoms. The van der Waals surface area contributed by atoms with E-state index in [1.807, 2.05) is 30.3 Å². The summed E-state index contributed by atoms with van der Waals surface area (Å²) in [5, 5.41) is 11.0. The van der Waals surface area contributed by atoms with Gasteiger partial charge < -0.3 is 60.6 Å². The lowest BCUT2D eigenvalue weighted by atomic mass is 10.0. The van der Waals surface area contributed by atoms with Gasteiger partial charge in [-0.15, -0.1) is 0 Å². The molecule has 0 spiro atoms. The molecule has 1 aliphatic heterocycles. The second-order valence-electron chi connectivity index (χ2n) is 14.7. The summed E-state index contributed by atoms with van der Waals surface area (Å²) in [6.45, 7) is 0.619. The minimum absolute atomic E-state index is 0.0362. The third kappa shape index (κ3) is 15.3. The number of guanidine groups is 2. The van der Waals surface area contributed by atoms with E-state index in [1.165, 1.54) is 4.90 Å². The summed E-state index contributed by atoms with van der Waals surface area (Å²) >= 11 is 0. The largest absolute Gasteiger partial charge is 0.370 e. The van der Waals surface area contributed by atoms with E-state index in [1.54, 1.807) is 54.6 Å². The molecule has 0 aliphatic carbocycles. The summed E-state index contributed by atoms with van der Waals surface area (Å²) in [5.41, 5.74) is 36.1. The van der Waals surface area contributed by atoms with Crippen molar-refractivity contribution in [2.24, 2.45) is 44.4 Å². The van der Waals surface area contributed by atoms with Crippen LogP contribution in [0.3, 0.4) is 0 Å². The van der Waals surface area contributed by atoms with E-state index in [0.29, 0.717) is 42.6 Å². The van der Waals surface area contributed by atoms with Gasteiger partial charge in [0.2, 0.25) is 29.5 Å². The topological polar surface area (TPSA) is 335 Å². The van der Waals surface area contributed by atoms with Gasteiger partial charge in [0.25, 0.3) is 5.91 Å². The Hall–Kier alpha value is -7.02. The lowest BCUT2D eigenvalue weighted by Crippen LogP contribution is -2.59. The maximum atomic E-state index is 14.3. The lowest BCUT2D eigenvalue weighted by molar-refractivity contribution is -0.140. The second kappa shape index (κ2) is 23.5. The summed E-state index contributed by atoms with van der Waals surface area (Å²) in [5.74, 6) is -3.82. The molecule has 16 N–H and O–H groups in total. The number of likely N-dealkylation sites (tertiary alicyclic amines) is 1. The maximum absolute atomic E-state index is 14.3. The van der Waals surface area contributed by atoms with Crippen molar-refractivity contribution in [2.75, 3.05) is 25.0 Å². The average Bonchev–Trinajstić information content (AvgIpc) is 3.74. The molecule has 0 radical (unpaired) electrons. The van der Waals surface area contributed by atoms with Gasteiger partial charge in [0.05, 0.1) is 6.04 Å². The van der Waals surface area contributed by atoms with Crippen molar-refractivity contribution in [3.8, 4) is 0 Å². The van der Waals surface area contributed by atoms with E-state index >= 15 is 0 Å². The number of amides is 6. The van der Waals surface area contributed by atoms with Gasteiger partial charge in [0, 0.05) is 37.3 Å². The maximum Gasteiger partial charge on any atom is 0.255 e. The van der Waals surface area contributed by atoms with Crippen molar-refractivity contribution in [2.45, 2.75) is 81.6 Å². The first kappa shape index (κ1) is 46.7. The predicted molar refractivity (Wildman–Crippen MR) is 232 cm³/mol. The van der Waals surface area contributed by atoms with Gasteiger partial charge in [-0.1, -0.05) is 60.7 Å². The van der Waals surface area contributed by atoms with Crippen LogP contribution in [-0.2, 0) is 36.8 Å². The quantitative estimate of drug-likeness (QED) is 0.0335. The van der Waals surface area contributed by atoms with Crippen molar-refractivity contribution in [1.29, 1.82) is 0 Å². The van der Waals surface area contributed by atoms with E-state index in [4.69, 9.17) is 34.4 Å². The number of nitrogens with two attached hydrogens (primary N) is 6. The number of benzene rings is 3. The number of aliphatic imine (C=N–C) groups is 2. The van der Waals surface area contributed by atoms with E-state index < -0.39 is 59.7 Å². The van der Waals surface area contributed by atoms with Crippen molar-refractivity contribution >= 4 is 53.0 Å². The number of rotatable bonds is 22. The fourth-order valence-corrected chi connectivity index (χ4v) is 6.81. The minimum Gasteiger partial charge on any atom is -0.370 e. The van der Waals surface area contributed by atoms with Crippen LogP contribution in [0, 0.1) is 0 Å². The van der Waals surface area contributed by atoms with Gasteiger partial charge in [-0.3, -0.25) is 38.8 Å². The molecule has 0 bridgehead atoms. The monoisotopic (exact) mass is 839 g/mol. The number of carbonyl (C=O) groups excluding carboxylic acids is 6. The molecule has 1 saturated heterocycles. The molecule has 0 aromatic heterocycles. The number of nitrogens with one attached hydrogen (secondary N) is 4. The Labute approximate surface area is 354 Å². The van der Waals surface area contributed by atoms with Gasteiger partial charge in [-0.2, -0.15) is 0 Å². The SMILES string of the molecule is NC(=O)[C@H](CCCN=C(N)N)NC(=O)[C@H](CCCN=C(N)N)NC(=O)[C@H](Cc1ccc(NC(=O)c2ccccc2)cc1)NC(=O)[C@@H]1CCCN1C(=O)[C@@H](N)Cc1ccccc1. The number of carbonyl (C=O) groups is 6. The van der Waals surface area contributed by atoms with Gasteiger partial charge in [-0.25, -0.2) is 0 Å². The highest BCUT2D eigenvalue weighted by atomic mass is 16.2. The van der Waals surface area contributed by atoms with E-state index in [9.17, 15) is 28.8 Å². The highest BCUT2D eigenvalue weighted by Gasteiger charge is 2.38. The summed E-state index contributed by atoms with van der Waals surface area (Å²) in [4.78, 5) is 90.1. The van der Waals surface area contributed by atoms with Crippen LogP contribution in [-0.4, -0.2) is 102 Å². The Morgan fingerprint density at radius 3 is 1.79 bits per heavy atom. The standard InChI is InChI=1S/C42H57N13O6/c43-30(24-26-10-3-1-4-11-26)40(61)55-23-9-16-34(55)39(60)54-33(25-27-17-19-29(20-18-27)51-36(57)28-12-5-2-6-13-28)38(59)53-32(15-8-22-50-42(47)48)37(58)52-31(35(44)56)14-7-21-49-41(45)46/h1-6,10-13,17-20,30-34H,7-9,14-16,21-25,43H2,(H2,44,56)(H,51,57)(H,52,58)(H,53,59)(H,54,60)(H4,45,46,49)(H4,47,48,50)/t30-,31-,32-,33-,34-/m0/s1. The summed E-state index contributed by atoms with van der Waals surface area (Å²) in [6.07, 6.45) is 1.82. The van der Waals surface area contributed by atoms with E-state index in [2.05, 4.69) is 31.3 Å². The average molecular weight is 840 g/mol. The smallest absolute Gasteiger partial charge is 0.255 e. The fourth-order valence-electron chi connectivity index (χ4n) is 6.81. The molecule has 0 unspecified atom stereocenters. The van der Waals surface area contributed by atoms with Crippen LogP contribution in [0.2, 0.25) is 0 Å². The first-order chi connectivity index (χ1) is 29.2. The van der Waals surface area contributed by atoms with Gasteiger partial charge in [0.15, 0.2) is 11.9 Å². The molecule has 61 heavy (non-hydrogen) atoms. The van der Waals surface area contributed by atoms with Crippen LogP contribution in [0.5, 0.6) is 0 Å². The van der Waals surface area contributed by atoms with Gasteiger partial charge >= 0.3 is 0 Å². The Balaban J connectivity index is 1.56. The number of hydrogen-bond acceptors (Lipinski definition) is 9. The summed E-state index contributed by atoms with van der Waals surface area (Å²) < 4.78 is 0. The third-order valence-electron chi connectivity index (χ3n) is 9.96. The lowest BCUT2D eigenvalue weighted by Gasteiger charge is -2.29. The van der Waals surface area contributed by atoms with E-state index in [-0.39, 0.29) is 63.0 Å². The fraction of sp³-hybridized carbons (Fsp3) is 0.381. The molecule has 0 saturated carbocycles. The van der Waals surface area contributed by atoms with Crippen molar-refractivity contribution in [3.63, 3.8) is 0 Å². The predicted octanol–water partition coefficient (Wildman–Crippen LogP) is -0.911. The van der Waals surface area contributed by atoms with Gasteiger partial charge in [-0.05, 0) is 80.3 Å². The first-order valence-electron chi connectivity index (χ1n) is 20.1. The van der Waals surface area contributed by atoms with Crippen LogP contribution < -0.4 is 55.7 Å². The Morgan fingerprint density at radius 2 is 1.20 bits per heavy atom. The molecular weight excluding hydrogens is 783 g/mol. The zero-order valence-corrected chi connectivity index (χ0v) is 34.0. The van der Waals surface area contributed by atoms with Crippen LogP contribution in [0.1, 0.15) is 60.0 Å². The number of hydrogen-bond donors (Lipinski definition) is 10. The molecule has 1 aliphatic rings. The van der Waals surface area contributed by atoms with Gasteiger partial charge in [0.1, 0.15) is 24.2 Å². The van der Waals surface area contributed by atoms with Crippen molar-refractivity contribution < 1.29 is 28.8 Å². The third-order valence-corrected chi connectivity index (χ3v) is 9.96. The number of anilines is 1. The molecule has 5 atom stereocenters.